The number of allylic oxidation sites excluding steroid dienone is 4. The lowest BCUT2D eigenvalue weighted by Gasteiger charge is -2.48. The Kier molecular flexibility index (Phi) is 5.75. The van der Waals surface area contributed by atoms with Gasteiger partial charge in [-0.25, -0.2) is 0 Å². The van der Waals surface area contributed by atoms with E-state index in [4.69, 9.17) is 4.43 Å². The molecule has 1 saturated heterocycles. The van der Waals surface area contributed by atoms with Gasteiger partial charge in [0.1, 0.15) is 8.24 Å². The van der Waals surface area contributed by atoms with Crippen LogP contribution >= 0.6 is 0 Å². The Morgan fingerprint density at radius 3 is 2.23 bits per heavy atom. The summed E-state index contributed by atoms with van der Waals surface area (Å²) in [5.74, 6) is 1.29. The van der Waals surface area contributed by atoms with Crippen LogP contribution in [0.5, 0.6) is 0 Å². The summed E-state index contributed by atoms with van der Waals surface area (Å²) >= 11 is 0. The molecule has 2 aliphatic carbocycles. The molecule has 4 atom stereocenters. The van der Waals surface area contributed by atoms with E-state index in [0.29, 0.717) is 23.5 Å². The van der Waals surface area contributed by atoms with E-state index >= 15 is 0 Å². The first-order valence-electron chi connectivity index (χ1n) is 10.2. The molecular formula is C20H39N3OSi2. The van der Waals surface area contributed by atoms with E-state index in [1.807, 2.05) is 0 Å². The van der Waals surface area contributed by atoms with Gasteiger partial charge in [0, 0.05) is 26.1 Å². The summed E-state index contributed by atoms with van der Waals surface area (Å²) in [5.41, 5.74) is 0.643. The van der Waals surface area contributed by atoms with Gasteiger partial charge in [0.25, 0.3) is 0 Å². The average molecular weight is 394 g/mol. The Morgan fingerprint density at radius 1 is 1.00 bits per heavy atom. The fourth-order valence-electron chi connectivity index (χ4n) is 4.70. The third kappa shape index (κ3) is 3.82. The van der Waals surface area contributed by atoms with Crippen molar-refractivity contribution in [3.05, 3.63) is 24.3 Å². The van der Waals surface area contributed by atoms with Gasteiger partial charge in [-0.15, -0.1) is 0 Å². The maximum Gasteiger partial charge on any atom is 0.192 e. The van der Waals surface area contributed by atoms with Crippen molar-refractivity contribution in [2.75, 3.05) is 20.0 Å². The molecule has 6 heteroatoms. The van der Waals surface area contributed by atoms with E-state index < -0.39 is 16.6 Å². The summed E-state index contributed by atoms with van der Waals surface area (Å²) in [6.07, 6.45) is 11.0. The molecule has 0 aromatic rings. The molecule has 3 rings (SSSR count). The van der Waals surface area contributed by atoms with Gasteiger partial charge in [0.15, 0.2) is 8.32 Å². The molecule has 0 amide bonds. The number of hydrogen-bond donors (Lipinski definition) is 2. The summed E-state index contributed by atoms with van der Waals surface area (Å²) in [7, 11) is -3.46. The molecule has 4 nitrogen and oxygen atoms in total. The Labute approximate surface area is 162 Å². The van der Waals surface area contributed by atoms with E-state index in [9.17, 15) is 0 Å². The van der Waals surface area contributed by atoms with Gasteiger partial charge in [-0.1, -0.05) is 58.2 Å². The van der Waals surface area contributed by atoms with Crippen LogP contribution in [0.3, 0.4) is 0 Å². The minimum absolute atomic E-state index is 0.261. The normalized spacial score (nSPS) is 33.5. The zero-order valence-electron chi connectivity index (χ0n) is 17.8. The molecule has 0 aromatic heterocycles. The Balaban J connectivity index is 1.89. The number of hydrogen-bond acceptors (Lipinski definition) is 4. The topological polar surface area (TPSA) is 36.5 Å². The van der Waals surface area contributed by atoms with E-state index in [-0.39, 0.29) is 5.04 Å². The van der Waals surface area contributed by atoms with Crippen LogP contribution in [0.1, 0.15) is 27.2 Å². The molecule has 26 heavy (non-hydrogen) atoms. The molecule has 0 aromatic carbocycles. The summed E-state index contributed by atoms with van der Waals surface area (Å²) in [6.45, 7) is 20.0. The quantitative estimate of drug-likeness (QED) is 0.706. The summed E-state index contributed by atoms with van der Waals surface area (Å²) in [4.78, 5) is 0. The van der Waals surface area contributed by atoms with Crippen molar-refractivity contribution < 1.29 is 4.43 Å². The molecule has 3 aliphatic rings. The lowest BCUT2D eigenvalue weighted by atomic mass is 9.92. The van der Waals surface area contributed by atoms with Gasteiger partial charge in [-0.2, -0.15) is 0 Å². The summed E-state index contributed by atoms with van der Waals surface area (Å²) < 4.78 is 9.78. The minimum Gasteiger partial charge on any atom is -0.414 e. The second-order valence-electron chi connectivity index (χ2n) is 10.4. The second kappa shape index (κ2) is 7.30. The van der Waals surface area contributed by atoms with Crippen molar-refractivity contribution in [1.29, 1.82) is 0 Å². The van der Waals surface area contributed by atoms with Gasteiger partial charge in [-0.05, 0) is 41.9 Å². The highest BCUT2D eigenvalue weighted by Crippen LogP contribution is 2.53. The molecular weight excluding hydrogens is 354 g/mol. The lowest BCUT2D eigenvalue weighted by Crippen LogP contribution is -2.64. The monoisotopic (exact) mass is 393 g/mol. The fourth-order valence-corrected chi connectivity index (χ4v) is 10.1. The Bertz CT molecular complexity index is 562. The molecule has 1 heterocycles. The molecule has 2 N–H and O–H groups in total. The van der Waals surface area contributed by atoms with E-state index in [1.54, 1.807) is 0 Å². The van der Waals surface area contributed by atoms with Crippen LogP contribution in [0.4, 0.5) is 0 Å². The number of nitrogens with one attached hydrogen (secondary N) is 2. The largest absolute Gasteiger partial charge is 0.414 e. The number of fused-ring (bicyclic) bond motifs is 1. The van der Waals surface area contributed by atoms with Gasteiger partial charge < -0.3 is 4.43 Å². The van der Waals surface area contributed by atoms with Gasteiger partial charge in [-0.3, -0.25) is 15.2 Å². The SMILES string of the molecule is CC(C)(C)[Si](C)(C)OC1CC2C=CC=CC2C1[Si](C)(C)N1CNCNC1. The first-order chi connectivity index (χ1) is 12.0. The maximum atomic E-state index is 7.08. The highest BCUT2D eigenvalue weighted by molar-refractivity contribution is 6.77. The predicted molar refractivity (Wildman–Crippen MR) is 116 cm³/mol. The van der Waals surface area contributed by atoms with Crippen molar-refractivity contribution in [2.45, 2.75) is 70.1 Å². The molecule has 4 unspecified atom stereocenters. The molecule has 1 saturated carbocycles. The third-order valence-electron chi connectivity index (χ3n) is 7.36. The summed E-state index contributed by atoms with van der Waals surface area (Å²) in [6, 6.07) is 0. The van der Waals surface area contributed by atoms with E-state index in [2.05, 4.69) is 86.5 Å². The molecule has 0 bridgehead atoms. The molecule has 0 spiro atoms. The zero-order valence-corrected chi connectivity index (χ0v) is 19.8. The van der Waals surface area contributed by atoms with Gasteiger partial charge in [0.2, 0.25) is 0 Å². The van der Waals surface area contributed by atoms with Crippen LogP contribution in [0, 0.1) is 11.8 Å². The fraction of sp³-hybridized carbons (Fsp3) is 0.800. The second-order valence-corrected chi connectivity index (χ2v) is 19.7. The van der Waals surface area contributed by atoms with Crippen molar-refractivity contribution in [1.82, 2.24) is 15.2 Å². The standard InChI is InChI=1S/C20H39N3OSi2/c1-20(2,3)26(6,7)24-18-12-16-10-8-9-11-17(16)19(18)25(4,5)23-14-21-13-22-15-23/h8-11,16-19,21-22H,12-15H2,1-7H3. The molecule has 0 radical (unpaired) electrons. The Morgan fingerprint density at radius 2 is 1.62 bits per heavy atom. The predicted octanol–water partition coefficient (Wildman–Crippen LogP) is 4.08. The molecule has 1 aliphatic heterocycles. The number of rotatable bonds is 4. The lowest BCUT2D eigenvalue weighted by molar-refractivity contribution is 0.173. The Hall–Kier alpha value is -0.246. The average Bonchev–Trinajstić information content (AvgIpc) is 2.92. The highest BCUT2D eigenvalue weighted by Gasteiger charge is 2.54. The minimum atomic E-state index is -1.78. The van der Waals surface area contributed by atoms with E-state index in [1.165, 1.54) is 6.42 Å². The van der Waals surface area contributed by atoms with Crippen LogP contribution in [0.15, 0.2) is 24.3 Å². The zero-order chi connectivity index (χ0) is 19.2. The van der Waals surface area contributed by atoms with Crippen LogP contribution in [0.2, 0.25) is 36.8 Å². The first kappa shape index (κ1) is 20.5. The van der Waals surface area contributed by atoms with Crippen LogP contribution < -0.4 is 10.6 Å². The molecule has 148 valence electrons. The smallest absolute Gasteiger partial charge is 0.192 e. The van der Waals surface area contributed by atoms with Crippen LogP contribution in [-0.2, 0) is 4.43 Å². The first-order valence-corrected chi connectivity index (χ1v) is 16.2. The van der Waals surface area contributed by atoms with Crippen molar-refractivity contribution in [3.63, 3.8) is 0 Å². The van der Waals surface area contributed by atoms with Gasteiger partial charge >= 0.3 is 0 Å². The summed E-state index contributed by atoms with van der Waals surface area (Å²) in [5, 5.41) is 7.28. The third-order valence-corrected chi connectivity index (χ3v) is 16.2. The van der Waals surface area contributed by atoms with Crippen molar-refractivity contribution in [3.8, 4) is 0 Å². The van der Waals surface area contributed by atoms with Crippen molar-refractivity contribution >= 4 is 16.6 Å². The van der Waals surface area contributed by atoms with Crippen molar-refractivity contribution in [2.24, 2.45) is 11.8 Å². The van der Waals surface area contributed by atoms with Crippen LogP contribution in [-0.4, -0.2) is 47.2 Å². The number of nitrogens with zero attached hydrogens (tertiary/aromatic N) is 1. The highest BCUT2D eigenvalue weighted by atomic mass is 28.4. The van der Waals surface area contributed by atoms with Crippen LogP contribution in [0.25, 0.3) is 0 Å². The van der Waals surface area contributed by atoms with E-state index in [0.717, 1.165) is 20.0 Å². The van der Waals surface area contributed by atoms with Gasteiger partial charge in [0.05, 0.1) is 0 Å². The maximum absolute atomic E-state index is 7.08. The molecule has 2 fully saturated rings.